The number of anilines is 2. The van der Waals surface area contributed by atoms with Crippen molar-refractivity contribution >= 4 is 57.6 Å². The number of carbonyl (C=O) groups excluding carboxylic acids is 4. The lowest BCUT2D eigenvalue weighted by Gasteiger charge is -2.49. The SMILES string of the molecule is COc1cccc([C@H]2C3=CC[C@@H]4C(=O)N(c5ccc(I)cc5)C(=O)[C@@H]4[C@@H]3C[C@H]3C(=O)N(c4ccccc4)C(=O)[C@@]23C)c1O. The molecular formula is C34H29IN2O6. The van der Waals surface area contributed by atoms with E-state index in [1.807, 2.05) is 24.3 Å². The molecule has 6 atom stereocenters. The van der Waals surface area contributed by atoms with E-state index in [0.717, 1.165) is 9.14 Å². The Morgan fingerprint density at radius 2 is 1.53 bits per heavy atom. The van der Waals surface area contributed by atoms with Gasteiger partial charge in [-0.25, -0.2) is 4.90 Å². The van der Waals surface area contributed by atoms with E-state index in [9.17, 15) is 24.3 Å². The number of aromatic hydroxyl groups is 1. The number of rotatable bonds is 4. The van der Waals surface area contributed by atoms with Gasteiger partial charge in [-0.3, -0.25) is 24.1 Å². The molecule has 0 aromatic heterocycles. The molecule has 2 aliphatic carbocycles. The predicted molar refractivity (Wildman–Crippen MR) is 167 cm³/mol. The summed E-state index contributed by atoms with van der Waals surface area (Å²) in [4.78, 5) is 59.1. The first kappa shape index (κ1) is 27.8. The molecular weight excluding hydrogens is 659 g/mol. The maximum Gasteiger partial charge on any atom is 0.241 e. The Bertz CT molecular complexity index is 1720. The second-order valence-corrected chi connectivity index (χ2v) is 13.1. The lowest BCUT2D eigenvalue weighted by atomic mass is 9.51. The van der Waals surface area contributed by atoms with Gasteiger partial charge in [0.2, 0.25) is 23.6 Å². The minimum absolute atomic E-state index is 0.105. The van der Waals surface area contributed by atoms with Crippen LogP contribution in [0, 0.1) is 32.7 Å². The van der Waals surface area contributed by atoms with Gasteiger partial charge < -0.3 is 9.84 Å². The third-order valence-corrected chi connectivity index (χ3v) is 10.7. The van der Waals surface area contributed by atoms with E-state index in [-0.39, 0.29) is 41.5 Å². The number of benzene rings is 3. The Labute approximate surface area is 262 Å². The topological polar surface area (TPSA) is 104 Å². The molecule has 3 aromatic carbocycles. The van der Waals surface area contributed by atoms with Gasteiger partial charge in [0.05, 0.1) is 41.7 Å². The number of phenols is 1. The molecule has 9 heteroatoms. The average molecular weight is 689 g/mol. The van der Waals surface area contributed by atoms with Crippen molar-refractivity contribution in [2.24, 2.45) is 29.1 Å². The Morgan fingerprint density at radius 3 is 2.23 bits per heavy atom. The summed E-state index contributed by atoms with van der Waals surface area (Å²) >= 11 is 2.18. The average Bonchev–Trinajstić information content (AvgIpc) is 3.38. The zero-order valence-electron chi connectivity index (χ0n) is 23.6. The summed E-state index contributed by atoms with van der Waals surface area (Å²) < 4.78 is 6.42. The van der Waals surface area contributed by atoms with Gasteiger partial charge in [-0.2, -0.15) is 0 Å². The van der Waals surface area contributed by atoms with Crippen molar-refractivity contribution in [3.63, 3.8) is 0 Å². The molecule has 1 N–H and O–H groups in total. The second kappa shape index (κ2) is 10.0. The molecule has 43 heavy (non-hydrogen) atoms. The van der Waals surface area contributed by atoms with Crippen molar-refractivity contribution in [2.45, 2.75) is 25.7 Å². The van der Waals surface area contributed by atoms with Gasteiger partial charge in [-0.1, -0.05) is 42.0 Å². The smallest absolute Gasteiger partial charge is 0.241 e. The Kier molecular flexibility index (Phi) is 6.50. The van der Waals surface area contributed by atoms with E-state index in [2.05, 4.69) is 22.6 Å². The van der Waals surface area contributed by atoms with Crippen LogP contribution in [0.2, 0.25) is 0 Å². The molecule has 0 bridgehead atoms. The van der Waals surface area contributed by atoms with Crippen LogP contribution in [0.25, 0.3) is 0 Å². The zero-order valence-corrected chi connectivity index (χ0v) is 25.7. The number of methoxy groups -OCH3 is 1. The standard InChI is InChI=1S/C34H29IN2O6/c1-34-25(31(40)37(33(34)42)19-7-4-3-5-8-19)17-24-21(28(34)23-9-6-10-26(43-2)29(23)38)15-16-22-27(24)32(41)36(30(22)39)20-13-11-18(35)12-14-20/h3-15,22,24-25,27-28,38H,16-17H2,1-2H3/t22-,24+,25-,27-,28+,34+/m0/s1. The van der Waals surface area contributed by atoms with Crippen LogP contribution in [0.1, 0.15) is 31.2 Å². The van der Waals surface area contributed by atoms with Crippen LogP contribution in [0.4, 0.5) is 11.4 Å². The number of carbonyl (C=O) groups is 4. The molecule has 0 unspecified atom stereocenters. The van der Waals surface area contributed by atoms with Crippen molar-refractivity contribution in [1.82, 2.24) is 0 Å². The molecule has 4 aliphatic rings. The highest BCUT2D eigenvalue weighted by molar-refractivity contribution is 14.1. The third kappa shape index (κ3) is 3.86. The summed E-state index contributed by atoms with van der Waals surface area (Å²) in [6, 6.07) is 21.2. The number of nitrogens with zero attached hydrogens (tertiary/aromatic N) is 2. The van der Waals surface area contributed by atoms with E-state index in [1.165, 1.54) is 16.9 Å². The quantitative estimate of drug-likeness (QED) is 0.223. The largest absolute Gasteiger partial charge is 0.504 e. The number of hydrogen-bond acceptors (Lipinski definition) is 6. The number of ether oxygens (including phenoxy) is 1. The van der Waals surface area contributed by atoms with Crippen molar-refractivity contribution < 1.29 is 29.0 Å². The van der Waals surface area contributed by atoms with E-state index in [1.54, 1.807) is 61.5 Å². The lowest BCUT2D eigenvalue weighted by Crippen LogP contribution is -2.48. The number of halogens is 1. The fourth-order valence-electron chi connectivity index (χ4n) is 7.96. The number of hydrogen-bond donors (Lipinski definition) is 1. The Hall–Kier alpha value is -3.99. The van der Waals surface area contributed by atoms with Crippen LogP contribution in [0.3, 0.4) is 0 Å². The predicted octanol–water partition coefficient (Wildman–Crippen LogP) is 5.44. The summed E-state index contributed by atoms with van der Waals surface area (Å²) in [5.74, 6) is -4.28. The minimum atomic E-state index is -1.24. The maximum atomic E-state index is 14.4. The van der Waals surface area contributed by atoms with Crippen molar-refractivity contribution in [3.05, 3.63) is 93.6 Å². The van der Waals surface area contributed by atoms with Crippen molar-refractivity contribution in [3.8, 4) is 11.5 Å². The monoisotopic (exact) mass is 688 g/mol. The van der Waals surface area contributed by atoms with Gasteiger partial charge >= 0.3 is 0 Å². The molecule has 1 saturated carbocycles. The number of imide groups is 2. The van der Waals surface area contributed by atoms with Gasteiger partial charge in [0, 0.05) is 15.1 Å². The Balaban J connectivity index is 1.39. The highest BCUT2D eigenvalue weighted by Crippen LogP contribution is 2.64. The van der Waals surface area contributed by atoms with E-state index in [4.69, 9.17) is 4.74 Å². The van der Waals surface area contributed by atoms with Gasteiger partial charge in [-0.05, 0) is 90.7 Å². The van der Waals surface area contributed by atoms with Crippen LogP contribution in [-0.4, -0.2) is 35.8 Å². The normalized spacial score (nSPS) is 29.7. The maximum absolute atomic E-state index is 14.4. The highest BCUT2D eigenvalue weighted by atomic mass is 127. The van der Waals surface area contributed by atoms with Crippen LogP contribution >= 0.6 is 22.6 Å². The summed E-state index contributed by atoms with van der Waals surface area (Å²) in [6.45, 7) is 1.80. The van der Waals surface area contributed by atoms with Gasteiger partial charge in [0.1, 0.15) is 0 Å². The molecule has 2 heterocycles. The molecule has 0 radical (unpaired) electrons. The van der Waals surface area contributed by atoms with Crippen molar-refractivity contribution in [2.75, 3.05) is 16.9 Å². The summed E-state index contributed by atoms with van der Waals surface area (Å²) in [7, 11) is 1.46. The Morgan fingerprint density at radius 1 is 0.837 bits per heavy atom. The first-order chi connectivity index (χ1) is 20.7. The van der Waals surface area contributed by atoms with Gasteiger partial charge in [0.25, 0.3) is 0 Å². The molecule has 8 nitrogen and oxygen atoms in total. The molecule has 2 aliphatic heterocycles. The molecule has 4 amide bonds. The molecule has 0 spiro atoms. The molecule has 7 rings (SSSR count). The number of amides is 4. The minimum Gasteiger partial charge on any atom is -0.504 e. The number of para-hydroxylation sites is 2. The number of allylic oxidation sites excluding steroid dienone is 2. The molecule has 3 aromatic rings. The first-order valence-corrected chi connectivity index (χ1v) is 15.4. The highest BCUT2D eigenvalue weighted by Gasteiger charge is 2.68. The van der Waals surface area contributed by atoms with E-state index < -0.39 is 35.0 Å². The molecule has 218 valence electrons. The van der Waals surface area contributed by atoms with Crippen LogP contribution in [0.5, 0.6) is 11.5 Å². The number of fused-ring (bicyclic) bond motifs is 4. The van der Waals surface area contributed by atoms with Crippen molar-refractivity contribution in [1.29, 1.82) is 0 Å². The van der Waals surface area contributed by atoms with Crippen LogP contribution < -0.4 is 14.5 Å². The van der Waals surface area contributed by atoms with Gasteiger partial charge in [-0.15, -0.1) is 0 Å². The summed E-state index contributed by atoms with van der Waals surface area (Å²) in [6.07, 6.45) is 2.55. The number of phenolic OH excluding ortho intramolecular Hbond substituents is 1. The van der Waals surface area contributed by atoms with Gasteiger partial charge in [0.15, 0.2) is 11.5 Å². The summed E-state index contributed by atoms with van der Waals surface area (Å²) in [5.41, 5.74) is 1.03. The fourth-order valence-corrected chi connectivity index (χ4v) is 8.32. The zero-order chi connectivity index (χ0) is 30.2. The second-order valence-electron chi connectivity index (χ2n) is 11.9. The van der Waals surface area contributed by atoms with Crippen LogP contribution in [0.15, 0.2) is 84.4 Å². The third-order valence-electron chi connectivity index (χ3n) is 9.94. The fraction of sp³-hybridized carbons (Fsp3) is 0.294. The molecule has 2 saturated heterocycles. The van der Waals surface area contributed by atoms with E-state index in [0.29, 0.717) is 23.4 Å². The van der Waals surface area contributed by atoms with Crippen LogP contribution in [-0.2, 0) is 19.2 Å². The molecule has 3 fully saturated rings. The first-order valence-electron chi connectivity index (χ1n) is 14.3. The summed E-state index contributed by atoms with van der Waals surface area (Å²) in [5, 5.41) is 11.4. The lowest BCUT2D eigenvalue weighted by molar-refractivity contribution is -0.131. The van der Waals surface area contributed by atoms with E-state index >= 15 is 0 Å².